The van der Waals surface area contributed by atoms with E-state index in [4.69, 9.17) is 0 Å². The molecule has 27 heavy (non-hydrogen) atoms. The van der Waals surface area contributed by atoms with E-state index in [9.17, 15) is 13.2 Å². The molecule has 0 aliphatic carbocycles. The number of benzene rings is 1. The van der Waals surface area contributed by atoms with Crippen molar-refractivity contribution in [2.75, 3.05) is 20.1 Å². The van der Waals surface area contributed by atoms with E-state index in [2.05, 4.69) is 15.3 Å². The number of nitrogens with one attached hydrogen (secondary N) is 2. The number of carbonyl (C=O) groups excluding carboxylic acids is 1. The predicted octanol–water partition coefficient (Wildman–Crippen LogP) is 2.38. The van der Waals surface area contributed by atoms with E-state index in [0.29, 0.717) is 30.1 Å². The lowest BCUT2D eigenvalue weighted by Gasteiger charge is -2.15. The fourth-order valence-corrected chi connectivity index (χ4v) is 5.09. The number of aromatic nitrogens is 2. The zero-order valence-electron chi connectivity index (χ0n) is 15.0. The quantitative estimate of drug-likeness (QED) is 0.570. The average molecular weight is 407 g/mol. The maximum absolute atomic E-state index is 12.3. The van der Waals surface area contributed by atoms with E-state index in [0.717, 1.165) is 16.9 Å². The zero-order chi connectivity index (χ0) is 19.3. The molecular weight excluding hydrogens is 384 g/mol. The molecule has 0 saturated heterocycles. The van der Waals surface area contributed by atoms with Gasteiger partial charge >= 0.3 is 0 Å². The van der Waals surface area contributed by atoms with Gasteiger partial charge in [0, 0.05) is 33.0 Å². The van der Waals surface area contributed by atoms with Gasteiger partial charge in [-0.15, -0.1) is 11.3 Å². The average Bonchev–Trinajstić information content (AvgIpc) is 3.31. The maximum Gasteiger partial charge on any atom is 0.252 e. The molecule has 3 aromatic rings. The highest BCUT2D eigenvalue weighted by atomic mass is 32.2. The molecule has 0 spiro atoms. The van der Waals surface area contributed by atoms with Crippen LogP contribution in [0.1, 0.15) is 18.7 Å². The number of rotatable bonds is 9. The predicted molar refractivity (Wildman–Crippen MR) is 106 cm³/mol. The summed E-state index contributed by atoms with van der Waals surface area (Å²) in [5, 5.41) is 4.58. The number of sulfonamides is 1. The van der Waals surface area contributed by atoms with Gasteiger partial charge in [0.25, 0.3) is 10.0 Å². The van der Waals surface area contributed by atoms with Gasteiger partial charge in [0.15, 0.2) is 0 Å². The molecule has 0 aliphatic heterocycles. The highest BCUT2D eigenvalue weighted by Crippen LogP contribution is 2.19. The lowest BCUT2D eigenvalue weighted by Crippen LogP contribution is -2.30. The first-order chi connectivity index (χ1) is 13.0. The second kappa shape index (κ2) is 8.64. The van der Waals surface area contributed by atoms with E-state index in [1.807, 2.05) is 24.3 Å². The van der Waals surface area contributed by atoms with Gasteiger partial charge in [-0.25, -0.2) is 17.7 Å². The van der Waals surface area contributed by atoms with Crippen LogP contribution < -0.4 is 5.32 Å². The zero-order valence-corrected chi connectivity index (χ0v) is 16.6. The Kier molecular flexibility index (Phi) is 6.25. The van der Waals surface area contributed by atoms with Crippen LogP contribution in [0.15, 0.2) is 46.0 Å². The Morgan fingerprint density at radius 1 is 1.26 bits per heavy atom. The van der Waals surface area contributed by atoms with Crippen LogP contribution in [0.25, 0.3) is 11.0 Å². The topological polar surface area (TPSA) is 95.2 Å². The summed E-state index contributed by atoms with van der Waals surface area (Å²) in [5.74, 6) is 0.742. The largest absolute Gasteiger partial charge is 0.356 e. The number of thiophene rings is 1. The van der Waals surface area contributed by atoms with Gasteiger partial charge in [-0.1, -0.05) is 18.2 Å². The summed E-state index contributed by atoms with van der Waals surface area (Å²) in [6, 6.07) is 11.1. The van der Waals surface area contributed by atoms with E-state index in [1.165, 1.54) is 22.7 Å². The van der Waals surface area contributed by atoms with Crippen molar-refractivity contribution in [1.82, 2.24) is 19.6 Å². The number of fused-ring (bicyclic) bond motifs is 1. The SMILES string of the molecule is CN(CCCC(=O)NCCc1nc2ccccc2[nH]1)S(=O)(=O)c1cccs1. The van der Waals surface area contributed by atoms with Gasteiger partial charge in [-0.2, -0.15) is 0 Å². The van der Waals surface area contributed by atoms with Crippen LogP contribution in [0.2, 0.25) is 0 Å². The first-order valence-electron chi connectivity index (χ1n) is 8.67. The van der Waals surface area contributed by atoms with Gasteiger partial charge in [0.1, 0.15) is 10.0 Å². The molecule has 2 heterocycles. The molecule has 0 bridgehead atoms. The highest BCUT2D eigenvalue weighted by Gasteiger charge is 2.21. The summed E-state index contributed by atoms with van der Waals surface area (Å²) in [6.45, 7) is 0.791. The van der Waals surface area contributed by atoms with Crippen molar-refractivity contribution in [3.8, 4) is 0 Å². The molecule has 0 unspecified atom stereocenters. The number of amides is 1. The molecule has 0 fully saturated rings. The Morgan fingerprint density at radius 2 is 2.07 bits per heavy atom. The number of carbonyl (C=O) groups is 1. The lowest BCUT2D eigenvalue weighted by atomic mass is 10.3. The number of para-hydroxylation sites is 2. The summed E-state index contributed by atoms with van der Waals surface area (Å²) in [7, 11) is -1.92. The molecule has 0 radical (unpaired) electrons. The minimum Gasteiger partial charge on any atom is -0.356 e. The van der Waals surface area contributed by atoms with E-state index >= 15 is 0 Å². The van der Waals surface area contributed by atoms with Gasteiger partial charge in [-0.3, -0.25) is 4.79 Å². The lowest BCUT2D eigenvalue weighted by molar-refractivity contribution is -0.121. The van der Waals surface area contributed by atoms with Crippen molar-refractivity contribution in [1.29, 1.82) is 0 Å². The fraction of sp³-hybridized carbons (Fsp3) is 0.333. The third-order valence-electron chi connectivity index (χ3n) is 4.16. The van der Waals surface area contributed by atoms with Crippen molar-refractivity contribution in [3.05, 3.63) is 47.6 Å². The minimum absolute atomic E-state index is 0.0898. The summed E-state index contributed by atoms with van der Waals surface area (Å²) in [4.78, 5) is 19.6. The number of H-pyrrole nitrogens is 1. The number of hydrogen-bond donors (Lipinski definition) is 2. The first-order valence-corrected chi connectivity index (χ1v) is 11.0. The Balaban J connectivity index is 1.38. The van der Waals surface area contributed by atoms with Gasteiger partial charge in [0.2, 0.25) is 5.91 Å². The fourth-order valence-electron chi connectivity index (χ4n) is 2.68. The Morgan fingerprint density at radius 3 is 2.81 bits per heavy atom. The number of nitrogens with zero attached hydrogens (tertiary/aromatic N) is 2. The van der Waals surface area contributed by atoms with Crippen LogP contribution in [-0.2, 0) is 21.2 Å². The molecule has 2 N–H and O–H groups in total. The Hall–Kier alpha value is -2.23. The molecule has 2 aromatic heterocycles. The summed E-state index contributed by atoms with van der Waals surface area (Å²) in [5.41, 5.74) is 1.89. The van der Waals surface area contributed by atoms with Crippen molar-refractivity contribution < 1.29 is 13.2 Å². The summed E-state index contributed by atoms with van der Waals surface area (Å²) >= 11 is 1.19. The molecule has 0 saturated carbocycles. The molecule has 1 amide bonds. The Labute approximate surface area is 162 Å². The van der Waals surface area contributed by atoms with Crippen molar-refractivity contribution in [2.45, 2.75) is 23.5 Å². The maximum atomic E-state index is 12.3. The number of hydrogen-bond acceptors (Lipinski definition) is 5. The van der Waals surface area contributed by atoms with Crippen molar-refractivity contribution in [2.24, 2.45) is 0 Å². The van der Waals surface area contributed by atoms with Gasteiger partial charge in [0.05, 0.1) is 11.0 Å². The third kappa shape index (κ3) is 4.94. The van der Waals surface area contributed by atoms with E-state index < -0.39 is 10.0 Å². The monoisotopic (exact) mass is 406 g/mol. The molecule has 144 valence electrons. The van der Waals surface area contributed by atoms with Gasteiger partial charge in [-0.05, 0) is 30.0 Å². The molecule has 1 aromatic carbocycles. The Bertz CT molecular complexity index is 964. The summed E-state index contributed by atoms with van der Waals surface area (Å²) < 4.78 is 26.2. The second-order valence-corrected chi connectivity index (χ2v) is 9.38. The molecule has 3 rings (SSSR count). The van der Waals surface area contributed by atoms with Crippen molar-refractivity contribution >= 4 is 38.3 Å². The molecular formula is C18H22N4O3S2. The first kappa shape index (κ1) is 19.5. The molecule has 7 nitrogen and oxygen atoms in total. The van der Waals surface area contributed by atoms with E-state index in [-0.39, 0.29) is 12.3 Å². The number of aromatic amines is 1. The molecule has 0 atom stereocenters. The summed E-state index contributed by atoms with van der Waals surface area (Å²) in [6.07, 6.45) is 1.37. The van der Waals surface area contributed by atoms with Gasteiger partial charge < -0.3 is 10.3 Å². The van der Waals surface area contributed by atoms with Crippen LogP contribution in [0.3, 0.4) is 0 Å². The minimum atomic E-state index is -3.45. The van der Waals surface area contributed by atoms with E-state index in [1.54, 1.807) is 17.5 Å². The molecule has 9 heteroatoms. The standard InChI is InChI=1S/C18H22N4O3S2/c1-22(27(24,25)18-9-5-13-26-18)12-4-8-17(23)19-11-10-16-20-14-6-2-3-7-15(14)21-16/h2-3,5-7,9,13H,4,8,10-12H2,1H3,(H,19,23)(H,20,21). The smallest absolute Gasteiger partial charge is 0.252 e. The third-order valence-corrected chi connectivity index (χ3v) is 7.39. The van der Waals surface area contributed by atoms with Crippen LogP contribution in [0.4, 0.5) is 0 Å². The highest BCUT2D eigenvalue weighted by molar-refractivity contribution is 7.91. The van der Waals surface area contributed by atoms with Crippen LogP contribution in [0, 0.1) is 0 Å². The van der Waals surface area contributed by atoms with Crippen molar-refractivity contribution in [3.63, 3.8) is 0 Å². The van der Waals surface area contributed by atoms with Crippen LogP contribution in [0.5, 0.6) is 0 Å². The van der Waals surface area contributed by atoms with Crippen LogP contribution >= 0.6 is 11.3 Å². The van der Waals surface area contributed by atoms with Crippen LogP contribution in [-0.4, -0.2) is 48.7 Å². The molecule has 0 aliphatic rings. The normalized spacial score (nSPS) is 11.9. The second-order valence-electron chi connectivity index (χ2n) is 6.16. The number of imidazole rings is 1.